The van der Waals surface area contributed by atoms with Gasteiger partial charge in [0, 0.05) is 56.2 Å². The lowest BCUT2D eigenvalue weighted by atomic mass is 9.54. The summed E-state index contributed by atoms with van der Waals surface area (Å²) in [5.74, 6) is 0.372. The number of nitrogens with zero attached hydrogens (tertiary/aromatic N) is 2. The zero-order chi connectivity index (χ0) is 20.0. The molecule has 0 amide bonds. The largest absolute Gasteiger partial charge is 0.377 e. The Bertz CT molecular complexity index is 795. The third kappa shape index (κ3) is 3.18. The van der Waals surface area contributed by atoms with Gasteiger partial charge < -0.3 is 20.3 Å². The molecule has 2 N–H and O–H groups in total. The van der Waals surface area contributed by atoms with Gasteiger partial charge in [-0.2, -0.15) is 0 Å². The number of aliphatic imine (C=N–C) groups is 1. The maximum absolute atomic E-state index is 14.1. The number of fused-ring (bicyclic) bond motifs is 2. The average molecular weight is 405 g/mol. The first-order valence-electron chi connectivity index (χ1n) is 10.9. The molecule has 2 saturated carbocycles. The number of ether oxygens (including phenoxy) is 1. The van der Waals surface area contributed by atoms with Gasteiger partial charge in [-0.15, -0.1) is 0 Å². The SMILES string of the molecule is CN=C(NC1CCN(c2ccc(F)cc2F)C1)NC1C2CCOC2C12CCCC2. The van der Waals surface area contributed by atoms with Gasteiger partial charge in [-0.25, -0.2) is 8.78 Å². The van der Waals surface area contributed by atoms with E-state index >= 15 is 0 Å². The molecule has 4 atom stereocenters. The Morgan fingerprint density at radius 1 is 1.21 bits per heavy atom. The van der Waals surface area contributed by atoms with Crippen LogP contribution in [0.15, 0.2) is 23.2 Å². The fourth-order valence-corrected chi connectivity index (χ4v) is 6.25. The molecule has 1 aromatic rings. The lowest BCUT2D eigenvalue weighted by molar-refractivity contribution is -0.125. The van der Waals surface area contributed by atoms with Crippen LogP contribution in [0.5, 0.6) is 0 Å². The van der Waals surface area contributed by atoms with Crippen LogP contribution in [-0.2, 0) is 4.74 Å². The summed E-state index contributed by atoms with van der Waals surface area (Å²) in [6.45, 7) is 2.29. The predicted octanol–water partition coefficient (Wildman–Crippen LogP) is 3.06. The monoisotopic (exact) mass is 404 g/mol. The van der Waals surface area contributed by atoms with Gasteiger partial charge >= 0.3 is 0 Å². The van der Waals surface area contributed by atoms with Crippen molar-refractivity contribution in [1.29, 1.82) is 0 Å². The molecule has 4 aliphatic rings. The van der Waals surface area contributed by atoms with E-state index in [0.717, 1.165) is 38.0 Å². The Kier molecular flexibility index (Phi) is 4.88. The molecule has 158 valence electrons. The molecule has 0 aromatic heterocycles. The Morgan fingerprint density at radius 2 is 2.03 bits per heavy atom. The molecule has 2 aliphatic carbocycles. The van der Waals surface area contributed by atoms with Crippen molar-refractivity contribution in [2.45, 2.75) is 56.7 Å². The van der Waals surface area contributed by atoms with Crippen LogP contribution < -0.4 is 15.5 Å². The van der Waals surface area contributed by atoms with Crippen LogP contribution in [0, 0.1) is 23.0 Å². The standard InChI is InChI=1S/C22H30F2N4O/c1-25-21(27-19-16-7-11-29-20(16)22(19)8-2-3-9-22)26-15-6-10-28(13-15)18-5-4-14(23)12-17(18)24/h4-5,12,15-16,19-20H,2-3,6-11,13H2,1H3,(H2,25,26,27). The number of rotatable bonds is 3. The van der Waals surface area contributed by atoms with E-state index in [1.54, 1.807) is 0 Å². The number of halogens is 2. The number of anilines is 1. The first-order valence-corrected chi connectivity index (χ1v) is 10.9. The lowest BCUT2D eigenvalue weighted by Gasteiger charge is -2.57. The summed E-state index contributed by atoms with van der Waals surface area (Å²) in [5.41, 5.74) is 0.742. The van der Waals surface area contributed by atoms with Crippen LogP contribution in [-0.4, -0.2) is 50.9 Å². The highest BCUT2D eigenvalue weighted by Crippen LogP contribution is 2.60. The van der Waals surface area contributed by atoms with Crippen molar-refractivity contribution < 1.29 is 13.5 Å². The van der Waals surface area contributed by atoms with E-state index in [0.29, 0.717) is 30.3 Å². The highest BCUT2D eigenvalue weighted by atomic mass is 19.1. The van der Waals surface area contributed by atoms with Crippen molar-refractivity contribution in [2.24, 2.45) is 16.3 Å². The second kappa shape index (κ2) is 7.42. The summed E-state index contributed by atoms with van der Waals surface area (Å²) in [5, 5.41) is 7.27. The van der Waals surface area contributed by atoms with Gasteiger partial charge in [0.25, 0.3) is 0 Å². The molecule has 4 fully saturated rings. The summed E-state index contributed by atoms with van der Waals surface area (Å²) in [6, 6.07) is 4.40. The van der Waals surface area contributed by atoms with Gasteiger partial charge in [-0.3, -0.25) is 4.99 Å². The van der Waals surface area contributed by atoms with E-state index in [-0.39, 0.29) is 11.5 Å². The van der Waals surface area contributed by atoms with Crippen molar-refractivity contribution in [3.05, 3.63) is 29.8 Å². The maximum atomic E-state index is 14.1. The zero-order valence-corrected chi connectivity index (χ0v) is 17.0. The number of nitrogens with one attached hydrogen (secondary N) is 2. The Balaban J connectivity index is 1.22. The van der Waals surface area contributed by atoms with Crippen LogP contribution in [0.3, 0.4) is 0 Å². The molecule has 2 heterocycles. The van der Waals surface area contributed by atoms with E-state index in [9.17, 15) is 8.78 Å². The number of hydrogen-bond acceptors (Lipinski definition) is 3. The molecule has 0 bridgehead atoms. The third-order valence-electron chi connectivity index (χ3n) is 7.58. The quantitative estimate of drug-likeness (QED) is 0.601. The van der Waals surface area contributed by atoms with Crippen LogP contribution in [0.1, 0.15) is 38.5 Å². The van der Waals surface area contributed by atoms with Gasteiger partial charge in [0.15, 0.2) is 5.96 Å². The smallest absolute Gasteiger partial charge is 0.191 e. The second-order valence-electron chi connectivity index (χ2n) is 9.05. The fraction of sp³-hybridized carbons (Fsp3) is 0.682. The average Bonchev–Trinajstić information content (AvgIpc) is 3.44. The van der Waals surface area contributed by atoms with E-state index in [2.05, 4.69) is 15.6 Å². The summed E-state index contributed by atoms with van der Waals surface area (Å²) in [6.07, 6.45) is 7.50. The van der Waals surface area contributed by atoms with E-state index < -0.39 is 11.6 Å². The molecule has 5 rings (SSSR count). The van der Waals surface area contributed by atoms with Crippen LogP contribution >= 0.6 is 0 Å². The van der Waals surface area contributed by atoms with E-state index in [1.165, 1.54) is 37.8 Å². The number of hydrogen-bond donors (Lipinski definition) is 2. The summed E-state index contributed by atoms with van der Waals surface area (Å²) < 4.78 is 33.4. The lowest BCUT2D eigenvalue weighted by Crippen LogP contribution is -2.69. The number of guanidine groups is 1. The Morgan fingerprint density at radius 3 is 2.79 bits per heavy atom. The molecule has 4 unspecified atom stereocenters. The topological polar surface area (TPSA) is 48.9 Å². The van der Waals surface area contributed by atoms with Crippen LogP contribution in [0.4, 0.5) is 14.5 Å². The van der Waals surface area contributed by atoms with E-state index in [4.69, 9.17) is 4.74 Å². The van der Waals surface area contributed by atoms with Gasteiger partial charge in [-0.1, -0.05) is 12.8 Å². The first-order chi connectivity index (χ1) is 14.1. The molecule has 2 aliphatic heterocycles. The molecule has 5 nitrogen and oxygen atoms in total. The molecular weight excluding hydrogens is 374 g/mol. The maximum Gasteiger partial charge on any atom is 0.191 e. The molecule has 0 radical (unpaired) electrons. The van der Waals surface area contributed by atoms with Crippen molar-refractivity contribution in [3.63, 3.8) is 0 Å². The molecule has 7 heteroatoms. The molecule has 1 spiro atoms. The minimum atomic E-state index is -0.541. The predicted molar refractivity (Wildman–Crippen MR) is 109 cm³/mol. The zero-order valence-electron chi connectivity index (χ0n) is 17.0. The Labute approximate surface area is 170 Å². The van der Waals surface area contributed by atoms with Crippen molar-refractivity contribution >= 4 is 11.6 Å². The van der Waals surface area contributed by atoms with Crippen molar-refractivity contribution in [1.82, 2.24) is 10.6 Å². The second-order valence-corrected chi connectivity index (χ2v) is 9.05. The molecule has 29 heavy (non-hydrogen) atoms. The highest BCUT2D eigenvalue weighted by Gasteiger charge is 2.65. The summed E-state index contributed by atoms with van der Waals surface area (Å²) in [7, 11) is 1.81. The van der Waals surface area contributed by atoms with E-state index in [1.807, 2.05) is 11.9 Å². The van der Waals surface area contributed by atoms with Gasteiger partial charge in [0.1, 0.15) is 11.6 Å². The summed E-state index contributed by atoms with van der Waals surface area (Å²) >= 11 is 0. The van der Waals surface area contributed by atoms with Gasteiger partial charge in [-0.05, 0) is 37.8 Å². The normalized spacial score (nSPS) is 33.1. The molecule has 2 saturated heterocycles. The minimum absolute atomic E-state index is 0.181. The number of benzene rings is 1. The minimum Gasteiger partial charge on any atom is -0.377 e. The Hall–Kier alpha value is -1.89. The summed E-state index contributed by atoms with van der Waals surface area (Å²) in [4.78, 5) is 6.46. The molecule has 1 aromatic carbocycles. The van der Waals surface area contributed by atoms with Crippen molar-refractivity contribution in [3.8, 4) is 0 Å². The van der Waals surface area contributed by atoms with Gasteiger partial charge in [0.05, 0.1) is 11.8 Å². The van der Waals surface area contributed by atoms with Crippen LogP contribution in [0.25, 0.3) is 0 Å². The molecular formula is C22H30F2N4O. The first kappa shape index (κ1) is 19.1. The highest BCUT2D eigenvalue weighted by molar-refractivity contribution is 5.81. The van der Waals surface area contributed by atoms with Crippen LogP contribution in [0.2, 0.25) is 0 Å². The van der Waals surface area contributed by atoms with Gasteiger partial charge in [0.2, 0.25) is 0 Å². The third-order valence-corrected chi connectivity index (χ3v) is 7.58. The van der Waals surface area contributed by atoms with Crippen molar-refractivity contribution in [2.75, 3.05) is 31.6 Å². The fourth-order valence-electron chi connectivity index (χ4n) is 6.25.